The van der Waals surface area contributed by atoms with Crippen LogP contribution in [0.4, 0.5) is 0 Å². The molecule has 0 spiro atoms. The van der Waals surface area contributed by atoms with Crippen LogP contribution in [0.5, 0.6) is 0 Å². The lowest BCUT2D eigenvalue weighted by Crippen LogP contribution is -2.67. The molecule has 2 heterocycles. The maximum Gasteiger partial charge on any atom is 0.334 e. The Labute approximate surface area is 203 Å². The van der Waals surface area contributed by atoms with Gasteiger partial charge in [-0.2, -0.15) is 0 Å². The third-order valence-electron chi connectivity index (χ3n) is 12.1. The zero-order chi connectivity index (χ0) is 24.4. The number of hydrogen-bond acceptors (Lipinski definition) is 6. The average Bonchev–Trinajstić information content (AvgIpc) is 3.49. The number of carbonyl (C=O) groups is 1. The Morgan fingerprint density at radius 3 is 2.50 bits per heavy atom. The molecule has 6 rings (SSSR count). The fourth-order valence-corrected chi connectivity index (χ4v) is 9.90. The largest absolute Gasteiger partial charge is 0.456 e. The van der Waals surface area contributed by atoms with Crippen molar-refractivity contribution in [1.29, 1.82) is 0 Å². The lowest BCUT2D eigenvalue weighted by atomic mass is 9.43. The summed E-state index contributed by atoms with van der Waals surface area (Å²) in [6.45, 7) is 10.3. The summed E-state index contributed by atoms with van der Waals surface area (Å²) in [5.74, 6) is 0.918. The molecule has 0 amide bonds. The lowest BCUT2D eigenvalue weighted by molar-refractivity contribution is -0.215. The fraction of sp³-hybridized carbons (Fsp3) is 0.893. The molecule has 5 fully saturated rings. The van der Waals surface area contributed by atoms with Gasteiger partial charge in [-0.25, -0.2) is 4.79 Å². The first-order valence-corrected chi connectivity index (χ1v) is 13.5. The molecule has 34 heavy (non-hydrogen) atoms. The Morgan fingerprint density at radius 2 is 1.79 bits per heavy atom. The van der Waals surface area contributed by atoms with Crippen molar-refractivity contribution >= 4 is 5.97 Å². The minimum Gasteiger partial charge on any atom is -0.456 e. The Balaban J connectivity index is 1.30. The molecule has 0 bridgehead atoms. The molecular formula is C28H42O6. The highest BCUT2D eigenvalue weighted by molar-refractivity contribution is 5.89. The number of carbonyl (C=O) groups excluding carboxylic acids is 1. The van der Waals surface area contributed by atoms with Gasteiger partial charge in [-0.15, -0.1) is 0 Å². The van der Waals surface area contributed by atoms with Crippen LogP contribution < -0.4 is 0 Å². The van der Waals surface area contributed by atoms with Crippen LogP contribution in [0.3, 0.4) is 0 Å². The van der Waals surface area contributed by atoms with Crippen LogP contribution in [-0.4, -0.2) is 56.9 Å². The van der Waals surface area contributed by atoms with Crippen molar-refractivity contribution < 1.29 is 29.6 Å². The number of hydrogen-bond donors (Lipinski definition) is 3. The van der Waals surface area contributed by atoms with Gasteiger partial charge in [-0.1, -0.05) is 19.4 Å². The molecule has 3 N–H and O–H groups in total. The van der Waals surface area contributed by atoms with Crippen molar-refractivity contribution in [2.45, 2.75) is 122 Å². The van der Waals surface area contributed by atoms with Crippen LogP contribution in [-0.2, 0) is 14.3 Å². The second-order valence-electron chi connectivity index (χ2n) is 13.5. The summed E-state index contributed by atoms with van der Waals surface area (Å²) in [6.07, 6.45) is 5.49. The van der Waals surface area contributed by atoms with Gasteiger partial charge in [0.25, 0.3) is 0 Å². The van der Waals surface area contributed by atoms with E-state index in [-0.39, 0.29) is 34.9 Å². The van der Waals surface area contributed by atoms with E-state index in [4.69, 9.17) is 9.47 Å². The Bertz CT molecular complexity index is 941. The zero-order valence-corrected chi connectivity index (χ0v) is 21.3. The van der Waals surface area contributed by atoms with Gasteiger partial charge in [0, 0.05) is 23.8 Å². The van der Waals surface area contributed by atoms with Crippen molar-refractivity contribution in [3.05, 3.63) is 11.1 Å². The van der Waals surface area contributed by atoms with Gasteiger partial charge in [0.15, 0.2) is 0 Å². The van der Waals surface area contributed by atoms with Gasteiger partial charge in [-0.05, 0) is 88.4 Å². The molecule has 4 saturated carbocycles. The molecule has 0 aromatic carbocycles. The molecule has 1 saturated heterocycles. The van der Waals surface area contributed by atoms with Crippen LogP contribution in [0.25, 0.3) is 0 Å². The highest BCUT2D eigenvalue weighted by Crippen LogP contribution is 2.73. The predicted octanol–water partition coefficient (Wildman–Crippen LogP) is 3.51. The Kier molecular flexibility index (Phi) is 4.88. The highest BCUT2D eigenvalue weighted by atomic mass is 16.6. The van der Waals surface area contributed by atoms with Crippen LogP contribution in [0.15, 0.2) is 11.1 Å². The number of epoxide rings is 1. The van der Waals surface area contributed by atoms with Gasteiger partial charge < -0.3 is 24.8 Å². The van der Waals surface area contributed by atoms with E-state index < -0.39 is 23.4 Å². The standard InChI is InChI=1S/C28H42O6/c1-14-12-20(33-24(30)15(14)2)27(5,31)19-7-6-17-21-18(9-10-25(17,19)3)26(4)11-8-16(29)13-28(26,32)23-22(21)34-23/h16-23,29,31-32H,6-13H2,1-5H3/t16-,17-,18-,19-,20+,21-,22-,23-,25-,26+,27+,28-/m0/s1. The van der Waals surface area contributed by atoms with Crippen molar-refractivity contribution in [3.63, 3.8) is 0 Å². The van der Waals surface area contributed by atoms with E-state index in [1.165, 1.54) is 0 Å². The summed E-state index contributed by atoms with van der Waals surface area (Å²) in [6, 6.07) is 0. The molecule has 4 aliphatic carbocycles. The second kappa shape index (κ2) is 7.08. The number of aliphatic hydroxyl groups excluding tert-OH is 1. The predicted molar refractivity (Wildman–Crippen MR) is 126 cm³/mol. The molecule has 2 aliphatic heterocycles. The van der Waals surface area contributed by atoms with E-state index in [1.807, 2.05) is 13.8 Å². The molecule has 0 aromatic heterocycles. The first-order chi connectivity index (χ1) is 15.8. The summed E-state index contributed by atoms with van der Waals surface area (Å²) in [4.78, 5) is 12.4. The Morgan fingerprint density at radius 1 is 1.06 bits per heavy atom. The topological polar surface area (TPSA) is 99.5 Å². The summed E-state index contributed by atoms with van der Waals surface area (Å²) in [7, 11) is 0. The number of esters is 1. The number of rotatable bonds is 2. The van der Waals surface area contributed by atoms with Crippen LogP contribution in [0.1, 0.15) is 86.0 Å². The molecule has 6 aliphatic rings. The normalized spacial score (nSPS) is 55.9. The minimum absolute atomic E-state index is 0.0500. The first kappa shape index (κ1) is 23.4. The first-order valence-electron chi connectivity index (χ1n) is 13.5. The maximum atomic E-state index is 12.4. The molecule has 190 valence electrons. The van der Waals surface area contributed by atoms with Crippen molar-refractivity contribution in [2.75, 3.05) is 0 Å². The average molecular weight is 475 g/mol. The third-order valence-corrected chi connectivity index (χ3v) is 12.1. The summed E-state index contributed by atoms with van der Waals surface area (Å²) < 4.78 is 12.1. The Hall–Kier alpha value is -0.950. The molecule has 6 heteroatoms. The minimum atomic E-state index is -1.09. The van der Waals surface area contributed by atoms with Gasteiger partial charge in [0.2, 0.25) is 0 Å². The number of cyclic esters (lactones) is 1. The van der Waals surface area contributed by atoms with E-state index in [0.717, 1.165) is 44.1 Å². The van der Waals surface area contributed by atoms with E-state index in [1.54, 1.807) is 6.92 Å². The monoisotopic (exact) mass is 474 g/mol. The zero-order valence-electron chi connectivity index (χ0n) is 21.3. The quantitative estimate of drug-likeness (QED) is 0.418. The van der Waals surface area contributed by atoms with Gasteiger partial charge >= 0.3 is 5.97 Å². The SMILES string of the molecule is CC1=C(C)C(=O)O[C@@H]([C@](C)(O)[C@H]2CC[C@H]3[C@@H]4[C@@H]5O[C@@H]5[C@@]5(O)C[C@@H](O)CC[C@]5(C)[C@H]4CC[C@]23C)C1. The van der Waals surface area contributed by atoms with Crippen LogP contribution >= 0.6 is 0 Å². The number of fused-ring (bicyclic) bond motifs is 8. The fourth-order valence-electron chi connectivity index (χ4n) is 9.90. The van der Waals surface area contributed by atoms with Crippen LogP contribution in [0.2, 0.25) is 0 Å². The van der Waals surface area contributed by atoms with E-state index in [0.29, 0.717) is 36.2 Å². The van der Waals surface area contributed by atoms with E-state index in [9.17, 15) is 20.1 Å². The van der Waals surface area contributed by atoms with Gasteiger partial charge in [-0.3, -0.25) is 0 Å². The summed E-state index contributed by atoms with van der Waals surface area (Å²) in [5.41, 5.74) is -0.650. The maximum absolute atomic E-state index is 12.4. The molecule has 0 radical (unpaired) electrons. The summed E-state index contributed by atoms with van der Waals surface area (Å²) >= 11 is 0. The second-order valence-corrected chi connectivity index (χ2v) is 13.5. The van der Waals surface area contributed by atoms with E-state index >= 15 is 0 Å². The third kappa shape index (κ3) is 2.80. The van der Waals surface area contributed by atoms with E-state index in [2.05, 4.69) is 13.8 Å². The number of ether oxygens (including phenoxy) is 2. The molecule has 0 unspecified atom stereocenters. The van der Waals surface area contributed by atoms with Crippen LogP contribution in [0, 0.1) is 34.5 Å². The molecule has 12 atom stereocenters. The van der Waals surface area contributed by atoms with Crippen molar-refractivity contribution in [3.8, 4) is 0 Å². The molecular weight excluding hydrogens is 432 g/mol. The highest BCUT2D eigenvalue weighted by Gasteiger charge is 2.76. The smallest absolute Gasteiger partial charge is 0.334 e. The number of aliphatic hydroxyl groups is 3. The van der Waals surface area contributed by atoms with Gasteiger partial charge in [0.05, 0.1) is 12.2 Å². The molecule has 0 aromatic rings. The summed E-state index contributed by atoms with van der Waals surface area (Å²) in [5, 5.41) is 34.1. The van der Waals surface area contributed by atoms with Crippen molar-refractivity contribution in [1.82, 2.24) is 0 Å². The molecule has 6 nitrogen and oxygen atoms in total. The lowest BCUT2D eigenvalue weighted by Gasteiger charge is -2.62. The van der Waals surface area contributed by atoms with Gasteiger partial charge in [0.1, 0.15) is 23.4 Å². The van der Waals surface area contributed by atoms with Crippen molar-refractivity contribution in [2.24, 2.45) is 34.5 Å².